The molecule has 1 aliphatic rings. The summed E-state index contributed by atoms with van der Waals surface area (Å²) in [6, 6.07) is 0. The van der Waals surface area contributed by atoms with E-state index in [2.05, 4.69) is 4.37 Å². The van der Waals surface area contributed by atoms with Gasteiger partial charge in [-0.3, -0.25) is 4.79 Å². The molecule has 1 aliphatic carbocycles. The van der Waals surface area contributed by atoms with Crippen molar-refractivity contribution in [2.24, 2.45) is 10.8 Å². The van der Waals surface area contributed by atoms with Crippen LogP contribution in [0.3, 0.4) is 0 Å². The monoisotopic (exact) mass is 225 g/mol. The summed E-state index contributed by atoms with van der Waals surface area (Å²) in [7, 11) is 0. The number of aromatic nitrogens is 1. The largest absolute Gasteiger partial charge is 0.481 e. The van der Waals surface area contributed by atoms with Crippen LogP contribution in [0.1, 0.15) is 38.7 Å². The highest BCUT2D eigenvalue weighted by Gasteiger charge is 2.67. The number of aliphatic carboxylic acids is 1. The van der Waals surface area contributed by atoms with Gasteiger partial charge in [0.25, 0.3) is 0 Å². The lowest BCUT2D eigenvalue weighted by Crippen LogP contribution is -2.31. The van der Waals surface area contributed by atoms with Gasteiger partial charge in [0, 0.05) is 17.5 Å². The van der Waals surface area contributed by atoms with Gasteiger partial charge in [-0.1, -0.05) is 20.8 Å². The molecule has 0 amide bonds. The normalized spacial score (nSPS) is 30.2. The molecule has 15 heavy (non-hydrogen) atoms. The molecule has 2 atom stereocenters. The molecule has 0 aliphatic heterocycles. The first-order valence-electron chi connectivity index (χ1n) is 5.02. The quantitative estimate of drug-likeness (QED) is 0.842. The van der Waals surface area contributed by atoms with Gasteiger partial charge in [-0.2, -0.15) is 0 Å². The third-order valence-corrected chi connectivity index (χ3v) is 4.14. The minimum Gasteiger partial charge on any atom is -0.481 e. The Hall–Kier alpha value is -0.900. The average Bonchev–Trinajstić information content (AvgIpc) is 2.67. The predicted molar refractivity (Wildman–Crippen MR) is 59.0 cm³/mol. The third kappa shape index (κ3) is 1.39. The molecule has 1 aromatic rings. The van der Waals surface area contributed by atoms with Crippen molar-refractivity contribution >= 4 is 17.5 Å². The Balaban J connectivity index is 2.33. The number of carbonyl (C=O) groups is 1. The van der Waals surface area contributed by atoms with E-state index in [1.54, 1.807) is 6.20 Å². The molecule has 0 spiro atoms. The van der Waals surface area contributed by atoms with Crippen molar-refractivity contribution in [1.29, 1.82) is 0 Å². The number of nitrogens with zero attached hydrogens (tertiary/aromatic N) is 1. The van der Waals surface area contributed by atoms with Crippen LogP contribution in [0.15, 0.2) is 11.6 Å². The average molecular weight is 225 g/mol. The second-order valence-electron chi connectivity index (χ2n) is 5.24. The third-order valence-electron chi connectivity index (χ3n) is 3.53. The molecule has 1 N–H and O–H groups in total. The molecule has 1 fully saturated rings. The van der Waals surface area contributed by atoms with Gasteiger partial charge in [-0.25, -0.2) is 4.37 Å². The van der Waals surface area contributed by atoms with E-state index >= 15 is 0 Å². The van der Waals surface area contributed by atoms with Gasteiger partial charge in [0.05, 0.1) is 5.41 Å². The Morgan fingerprint density at radius 3 is 2.67 bits per heavy atom. The summed E-state index contributed by atoms with van der Waals surface area (Å²) in [6.07, 6.45) is 2.54. The molecule has 0 aromatic carbocycles. The Bertz CT molecular complexity index is 380. The van der Waals surface area contributed by atoms with Gasteiger partial charge in [-0.05, 0) is 28.9 Å². The summed E-state index contributed by atoms with van der Waals surface area (Å²) in [4.78, 5) is 11.4. The van der Waals surface area contributed by atoms with Crippen molar-refractivity contribution in [3.05, 3.63) is 17.1 Å². The Labute approximate surface area is 93.3 Å². The molecule has 82 valence electrons. The van der Waals surface area contributed by atoms with Crippen LogP contribution in [0.5, 0.6) is 0 Å². The number of rotatable bonds is 2. The SMILES string of the molecule is CC(C)(C)C1(C(=O)O)CC1c1cnsc1. The standard InChI is InChI=1S/C11H15NO2S/c1-10(2,3)11(9(13)14)4-8(11)7-5-12-15-6-7/h5-6,8H,4H2,1-3H3,(H,13,14). The van der Waals surface area contributed by atoms with Crippen LogP contribution in [0.4, 0.5) is 0 Å². The summed E-state index contributed by atoms with van der Waals surface area (Å²) in [5.74, 6) is -0.528. The molecule has 0 radical (unpaired) electrons. The van der Waals surface area contributed by atoms with Gasteiger partial charge in [0.1, 0.15) is 0 Å². The first-order valence-corrected chi connectivity index (χ1v) is 5.86. The fourth-order valence-electron chi connectivity index (χ4n) is 2.44. The number of carboxylic acid groups (broad SMARTS) is 1. The van der Waals surface area contributed by atoms with Crippen molar-refractivity contribution in [3.63, 3.8) is 0 Å². The molecule has 0 saturated heterocycles. The molecule has 0 bridgehead atoms. The van der Waals surface area contributed by atoms with Crippen LogP contribution < -0.4 is 0 Å². The molecule has 1 saturated carbocycles. The zero-order valence-electron chi connectivity index (χ0n) is 9.15. The summed E-state index contributed by atoms with van der Waals surface area (Å²) in [5, 5.41) is 11.4. The summed E-state index contributed by atoms with van der Waals surface area (Å²) in [6.45, 7) is 6.00. The van der Waals surface area contributed by atoms with E-state index in [0.29, 0.717) is 0 Å². The van der Waals surface area contributed by atoms with E-state index in [1.165, 1.54) is 11.5 Å². The second-order valence-corrected chi connectivity index (χ2v) is 5.90. The zero-order chi connectivity index (χ0) is 11.3. The summed E-state index contributed by atoms with van der Waals surface area (Å²) in [5.41, 5.74) is 0.290. The number of hydrogen-bond donors (Lipinski definition) is 1. The van der Waals surface area contributed by atoms with Crippen molar-refractivity contribution in [1.82, 2.24) is 4.37 Å². The van der Waals surface area contributed by atoms with E-state index in [1.807, 2.05) is 26.2 Å². The van der Waals surface area contributed by atoms with E-state index < -0.39 is 11.4 Å². The first kappa shape index (κ1) is 10.6. The lowest BCUT2D eigenvalue weighted by molar-refractivity contribution is -0.148. The zero-order valence-corrected chi connectivity index (χ0v) is 9.97. The molecular formula is C11H15NO2S. The highest BCUT2D eigenvalue weighted by Crippen LogP contribution is 2.68. The van der Waals surface area contributed by atoms with Gasteiger partial charge in [0.2, 0.25) is 0 Å². The molecule has 2 unspecified atom stereocenters. The van der Waals surface area contributed by atoms with Crippen LogP contribution >= 0.6 is 11.5 Å². The maximum atomic E-state index is 11.4. The van der Waals surface area contributed by atoms with Crippen LogP contribution in [0, 0.1) is 10.8 Å². The van der Waals surface area contributed by atoms with Gasteiger partial charge in [0.15, 0.2) is 0 Å². The van der Waals surface area contributed by atoms with Crippen LogP contribution in [-0.2, 0) is 4.79 Å². The van der Waals surface area contributed by atoms with Crippen LogP contribution in [0.2, 0.25) is 0 Å². The van der Waals surface area contributed by atoms with E-state index in [4.69, 9.17) is 0 Å². The van der Waals surface area contributed by atoms with Crippen molar-refractivity contribution in [3.8, 4) is 0 Å². The number of carboxylic acids is 1. The summed E-state index contributed by atoms with van der Waals surface area (Å²) < 4.78 is 4.04. The molecule has 2 rings (SSSR count). The van der Waals surface area contributed by atoms with E-state index in [0.717, 1.165) is 12.0 Å². The van der Waals surface area contributed by atoms with Crippen LogP contribution in [-0.4, -0.2) is 15.4 Å². The maximum absolute atomic E-state index is 11.4. The van der Waals surface area contributed by atoms with E-state index in [9.17, 15) is 9.90 Å². The minimum atomic E-state index is -0.675. The Morgan fingerprint density at radius 1 is 1.67 bits per heavy atom. The van der Waals surface area contributed by atoms with Gasteiger partial charge in [-0.15, -0.1) is 0 Å². The molecule has 1 aromatic heterocycles. The minimum absolute atomic E-state index is 0.147. The van der Waals surface area contributed by atoms with Crippen LogP contribution in [0.25, 0.3) is 0 Å². The Kier molecular flexibility index (Phi) is 2.15. The fourth-order valence-corrected chi connectivity index (χ4v) is 3.03. The van der Waals surface area contributed by atoms with Crippen molar-refractivity contribution in [2.75, 3.05) is 0 Å². The molecule has 4 heteroatoms. The lowest BCUT2D eigenvalue weighted by Gasteiger charge is -2.28. The smallest absolute Gasteiger partial charge is 0.310 e. The predicted octanol–water partition coefficient (Wildman–Crippen LogP) is 2.75. The fraction of sp³-hybridized carbons (Fsp3) is 0.636. The highest BCUT2D eigenvalue weighted by atomic mass is 32.1. The molecule has 3 nitrogen and oxygen atoms in total. The highest BCUT2D eigenvalue weighted by molar-refractivity contribution is 7.03. The molecular weight excluding hydrogens is 210 g/mol. The van der Waals surface area contributed by atoms with Gasteiger partial charge >= 0.3 is 5.97 Å². The maximum Gasteiger partial charge on any atom is 0.310 e. The van der Waals surface area contributed by atoms with E-state index in [-0.39, 0.29) is 11.3 Å². The lowest BCUT2D eigenvalue weighted by atomic mass is 9.75. The second kappa shape index (κ2) is 3.04. The summed E-state index contributed by atoms with van der Waals surface area (Å²) >= 11 is 1.39. The number of hydrogen-bond acceptors (Lipinski definition) is 3. The molecule has 1 heterocycles. The topological polar surface area (TPSA) is 50.2 Å². The Morgan fingerprint density at radius 2 is 2.33 bits per heavy atom. The van der Waals surface area contributed by atoms with Crippen molar-refractivity contribution < 1.29 is 9.90 Å². The van der Waals surface area contributed by atoms with Gasteiger partial charge < -0.3 is 5.11 Å². The van der Waals surface area contributed by atoms with Crippen molar-refractivity contribution in [2.45, 2.75) is 33.1 Å². The first-order chi connectivity index (χ1) is 6.89.